The number of hydrogen-bond acceptors (Lipinski definition) is 3. The van der Waals surface area contributed by atoms with E-state index in [1.807, 2.05) is 6.92 Å². The summed E-state index contributed by atoms with van der Waals surface area (Å²) in [5.41, 5.74) is 7.17. The zero-order valence-electron chi connectivity index (χ0n) is 7.40. The molecule has 1 aromatic heterocycles. The monoisotopic (exact) mass is 180 g/mol. The van der Waals surface area contributed by atoms with Crippen molar-refractivity contribution in [2.24, 2.45) is 5.73 Å². The molecule has 70 valence electrons. The first-order valence-corrected chi connectivity index (χ1v) is 4.01. The topological polar surface area (TPSA) is 76.2 Å². The molecule has 1 rings (SSSR count). The normalized spacial score (nSPS) is 12.5. The molecule has 0 aliphatic heterocycles. The van der Waals surface area contributed by atoms with Crippen LogP contribution in [0.2, 0.25) is 0 Å². The van der Waals surface area contributed by atoms with Gasteiger partial charge in [-0.1, -0.05) is 6.07 Å². The van der Waals surface area contributed by atoms with Crippen LogP contribution >= 0.6 is 0 Å². The Hall–Kier alpha value is -1.42. The van der Waals surface area contributed by atoms with Crippen molar-refractivity contribution in [2.45, 2.75) is 19.4 Å². The molecule has 4 nitrogen and oxygen atoms in total. The van der Waals surface area contributed by atoms with E-state index in [0.717, 1.165) is 5.56 Å². The van der Waals surface area contributed by atoms with Crippen LogP contribution in [0.1, 0.15) is 24.1 Å². The second-order valence-electron chi connectivity index (χ2n) is 2.99. The standard InChI is InChI=1S/C9H12N2O2/c1-6(10)8-2-7(3-9(12)13)4-11-5-8/h2,4-6H,3,10H2,1H3,(H,12,13). The summed E-state index contributed by atoms with van der Waals surface area (Å²) in [7, 11) is 0. The highest BCUT2D eigenvalue weighted by molar-refractivity contribution is 5.70. The van der Waals surface area contributed by atoms with Crippen molar-refractivity contribution < 1.29 is 9.90 Å². The van der Waals surface area contributed by atoms with Crippen molar-refractivity contribution in [2.75, 3.05) is 0 Å². The summed E-state index contributed by atoms with van der Waals surface area (Å²) in [4.78, 5) is 14.3. The fourth-order valence-electron chi connectivity index (χ4n) is 1.03. The van der Waals surface area contributed by atoms with Crippen molar-refractivity contribution in [1.29, 1.82) is 0 Å². The van der Waals surface area contributed by atoms with Crippen LogP contribution in [0.5, 0.6) is 0 Å². The fraction of sp³-hybridized carbons (Fsp3) is 0.333. The fourth-order valence-corrected chi connectivity index (χ4v) is 1.03. The minimum Gasteiger partial charge on any atom is -0.481 e. The van der Waals surface area contributed by atoms with Crippen molar-refractivity contribution in [3.8, 4) is 0 Å². The molecule has 1 atom stereocenters. The molecule has 0 bridgehead atoms. The molecule has 0 amide bonds. The molecule has 1 unspecified atom stereocenters. The molecule has 0 saturated heterocycles. The molecule has 1 heterocycles. The van der Waals surface area contributed by atoms with Crippen LogP contribution in [-0.4, -0.2) is 16.1 Å². The predicted molar refractivity (Wildman–Crippen MR) is 48.2 cm³/mol. The van der Waals surface area contributed by atoms with Gasteiger partial charge in [-0.05, 0) is 18.1 Å². The summed E-state index contributed by atoms with van der Waals surface area (Å²) in [5.74, 6) is -0.858. The number of nitrogens with two attached hydrogens (primary N) is 1. The summed E-state index contributed by atoms with van der Waals surface area (Å²) in [6, 6.07) is 1.66. The third-order valence-electron chi connectivity index (χ3n) is 1.70. The number of aromatic nitrogens is 1. The zero-order valence-corrected chi connectivity index (χ0v) is 7.40. The lowest BCUT2D eigenvalue weighted by molar-refractivity contribution is -0.136. The lowest BCUT2D eigenvalue weighted by atomic mass is 10.1. The van der Waals surface area contributed by atoms with Crippen molar-refractivity contribution in [3.05, 3.63) is 29.6 Å². The third kappa shape index (κ3) is 2.83. The van der Waals surface area contributed by atoms with Crippen LogP contribution in [0.4, 0.5) is 0 Å². The number of nitrogens with zero attached hydrogens (tertiary/aromatic N) is 1. The van der Waals surface area contributed by atoms with Crippen LogP contribution in [0.3, 0.4) is 0 Å². The molecule has 0 fully saturated rings. The van der Waals surface area contributed by atoms with E-state index in [9.17, 15) is 4.79 Å². The quantitative estimate of drug-likeness (QED) is 0.718. The van der Waals surface area contributed by atoms with Gasteiger partial charge in [-0.15, -0.1) is 0 Å². The van der Waals surface area contributed by atoms with E-state index in [0.29, 0.717) is 5.56 Å². The first-order chi connectivity index (χ1) is 6.09. The van der Waals surface area contributed by atoms with Gasteiger partial charge in [0.25, 0.3) is 0 Å². The molecule has 0 saturated carbocycles. The highest BCUT2D eigenvalue weighted by Crippen LogP contribution is 2.10. The third-order valence-corrected chi connectivity index (χ3v) is 1.70. The molecular formula is C9H12N2O2. The molecule has 0 aromatic carbocycles. The van der Waals surface area contributed by atoms with Crippen LogP contribution in [-0.2, 0) is 11.2 Å². The first-order valence-electron chi connectivity index (χ1n) is 4.01. The highest BCUT2D eigenvalue weighted by atomic mass is 16.4. The van der Waals surface area contributed by atoms with Crippen molar-refractivity contribution in [3.63, 3.8) is 0 Å². The van der Waals surface area contributed by atoms with Crippen LogP contribution in [0.15, 0.2) is 18.5 Å². The Labute approximate surface area is 76.4 Å². The van der Waals surface area contributed by atoms with E-state index in [-0.39, 0.29) is 12.5 Å². The Bertz CT molecular complexity index is 310. The summed E-state index contributed by atoms with van der Waals surface area (Å²) in [5, 5.41) is 8.54. The Morgan fingerprint density at radius 3 is 2.92 bits per heavy atom. The number of carboxylic acid groups (broad SMARTS) is 1. The number of hydrogen-bond donors (Lipinski definition) is 2. The van der Waals surface area contributed by atoms with E-state index in [4.69, 9.17) is 10.8 Å². The van der Waals surface area contributed by atoms with Crippen LogP contribution < -0.4 is 5.73 Å². The number of carbonyl (C=O) groups is 1. The van der Waals surface area contributed by atoms with E-state index in [1.54, 1.807) is 18.5 Å². The minimum atomic E-state index is -0.858. The Kier molecular flexibility index (Phi) is 2.97. The molecule has 0 aliphatic rings. The van der Waals surface area contributed by atoms with Crippen molar-refractivity contribution in [1.82, 2.24) is 4.98 Å². The first kappa shape index (κ1) is 9.67. The summed E-state index contributed by atoms with van der Waals surface area (Å²) < 4.78 is 0. The van der Waals surface area contributed by atoms with Gasteiger partial charge in [0.05, 0.1) is 6.42 Å². The smallest absolute Gasteiger partial charge is 0.307 e. The summed E-state index contributed by atoms with van der Waals surface area (Å²) in [6.45, 7) is 1.83. The molecular weight excluding hydrogens is 168 g/mol. The van der Waals surface area contributed by atoms with E-state index >= 15 is 0 Å². The van der Waals surface area contributed by atoms with Gasteiger partial charge in [-0.25, -0.2) is 0 Å². The van der Waals surface area contributed by atoms with Gasteiger partial charge in [-0.2, -0.15) is 0 Å². The lowest BCUT2D eigenvalue weighted by Crippen LogP contribution is -2.07. The number of pyridine rings is 1. The second-order valence-corrected chi connectivity index (χ2v) is 2.99. The van der Waals surface area contributed by atoms with Crippen LogP contribution in [0.25, 0.3) is 0 Å². The zero-order chi connectivity index (χ0) is 9.84. The van der Waals surface area contributed by atoms with Gasteiger partial charge in [0, 0.05) is 18.4 Å². The number of rotatable bonds is 3. The Balaban J connectivity index is 2.85. The molecule has 0 spiro atoms. The van der Waals surface area contributed by atoms with Gasteiger partial charge in [0.2, 0.25) is 0 Å². The predicted octanol–water partition coefficient (Wildman–Crippen LogP) is 0.728. The molecule has 0 radical (unpaired) electrons. The van der Waals surface area contributed by atoms with Crippen molar-refractivity contribution >= 4 is 5.97 Å². The molecule has 1 aromatic rings. The number of carboxylic acids is 1. The second kappa shape index (κ2) is 4.00. The SMILES string of the molecule is CC(N)c1cncc(CC(=O)O)c1. The van der Waals surface area contributed by atoms with E-state index in [2.05, 4.69) is 4.98 Å². The maximum absolute atomic E-state index is 10.4. The average molecular weight is 180 g/mol. The van der Waals surface area contributed by atoms with Crippen LogP contribution in [0, 0.1) is 0 Å². The molecule has 13 heavy (non-hydrogen) atoms. The van der Waals surface area contributed by atoms with Gasteiger partial charge < -0.3 is 10.8 Å². The highest BCUT2D eigenvalue weighted by Gasteiger charge is 2.04. The Morgan fingerprint density at radius 2 is 2.38 bits per heavy atom. The van der Waals surface area contributed by atoms with Gasteiger partial charge >= 0.3 is 5.97 Å². The summed E-state index contributed by atoms with van der Waals surface area (Å²) >= 11 is 0. The van der Waals surface area contributed by atoms with Gasteiger partial charge in [0.1, 0.15) is 0 Å². The lowest BCUT2D eigenvalue weighted by Gasteiger charge is -2.05. The Morgan fingerprint density at radius 1 is 1.69 bits per heavy atom. The van der Waals surface area contributed by atoms with E-state index < -0.39 is 5.97 Å². The minimum absolute atomic E-state index is 0.00639. The van der Waals surface area contributed by atoms with Gasteiger partial charge in [-0.3, -0.25) is 9.78 Å². The molecule has 3 N–H and O–H groups in total. The maximum Gasteiger partial charge on any atom is 0.307 e. The maximum atomic E-state index is 10.4. The molecule has 0 aliphatic carbocycles. The van der Waals surface area contributed by atoms with E-state index in [1.165, 1.54) is 0 Å². The summed E-state index contributed by atoms with van der Waals surface area (Å²) in [6.07, 6.45) is 3.18. The average Bonchev–Trinajstić information content (AvgIpc) is 2.03. The molecule has 4 heteroatoms. The largest absolute Gasteiger partial charge is 0.481 e. The van der Waals surface area contributed by atoms with Gasteiger partial charge in [0.15, 0.2) is 0 Å². The number of aliphatic carboxylic acids is 1.